The molecule has 1 heterocycles. The van der Waals surface area contributed by atoms with Crippen LogP contribution in [0.2, 0.25) is 0 Å². The molecule has 0 spiro atoms. The number of rotatable bonds is 8. The molecule has 2 rings (SSSR count). The van der Waals surface area contributed by atoms with E-state index in [2.05, 4.69) is 25.2 Å². The molecule has 2 aromatic rings. The topological polar surface area (TPSA) is 79.9 Å². The van der Waals surface area contributed by atoms with Crippen molar-refractivity contribution in [3.05, 3.63) is 41.5 Å². The van der Waals surface area contributed by atoms with E-state index in [4.69, 9.17) is 0 Å². The SMILES string of the molecule is Cc1nc(CCCNC(=O)CCc2ccc(OC(F)(F)F)cc2)n[nH]1. The first-order valence-electron chi connectivity index (χ1n) is 7.81. The summed E-state index contributed by atoms with van der Waals surface area (Å²) in [7, 11) is 0. The molecule has 0 unspecified atom stereocenters. The molecule has 25 heavy (non-hydrogen) atoms. The second kappa shape index (κ2) is 8.50. The Morgan fingerprint density at radius 3 is 2.56 bits per heavy atom. The van der Waals surface area contributed by atoms with Crippen LogP contribution in [0.3, 0.4) is 0 Å². The summed E-state index contributed by atoms with van der Waals surface area (Å²) in [5, 5.41) is 9.56. The van der Waals surface area contributed by atoms with Crippen LogP contribution in [0.1, 0.15) is 30.1 Å². The summed E-state index contributed by atoms with van der Waals surface area (Å²) in [5.41, 5.74) is 0.765. The lowest BCUT2D eigenvalue weighted by atomic mass is 10.1. The van der Waals surface area contributed by atoms with E-state index in [9.17, 15) is 18.0 Å². The highest BCUT2D eigenvalue weighted by atomic mass is 19.4. The predicted octanol–water partition coefficient (Wildman–Crippen LogP) is 2.69. The van der Waals surface area contributed by atoms with E-state index < -0.39 is 6.36 Å². The third-order valence-corrected chi connectivity index (χ3v) is 3.34. The van der Waals surface area contributed by atoms with Gasteiger partial charge in [0.2, 0.25) is 5.91 Å². The molecular formula is C16H19F3N4O2. The average Bonchev–Trinajstić information content (AvgIpc) is 2.95. The summed E-state index contributed by atoms with van der Waals surface area (Å²) in [5.74, 6) is 1.09. The summed E-state index contributed by atoms with van der Waals surface area (Å²) in [6.45, 7) is 2.34. The fourth-order valence-electron chi connectivity index (χ4n) is 2.18. The number of carbonyl (C=O) groups is 1. The van der Waals surface area contributed by atoms with Gasteiger partial charge in [-0.1, -0.05) is 12.1 Å². The van der Waals surface area contributed by atoms with Crippen LogP contribution >= 0.6 is 0 Å². The predicted molar refractivity (Wildman–Crippen MR) is 83.9 cm³/mol. The standard InChI is InChI=1S/C16H19F3N4O2/c1-11-21-14(23-22-11)3-2-10-20-15(24)9-6-12-4-7-13(8-5-12)25-16(17,18)19/h4-5,7-8H,2-3,6,9-10H2,1H3,(H,20,24)(H,21,22,23). The first-order chi connectivity index (χ1) is 11.8. The highest BCUT2D eigenvalue weighted by Gasteiger charge is 2.30. The van der Waals surface area contributed by atoms with Crippen LogP contribution in [0.5, 0.6) is 5.75 Å². The van der Waals surface area contributed by atoms with Gasteiger partial charge in [0.15, 0.2) is 5.82 Å². The van der Waals surface area contributed by atoms with Gasteiger partial charge in [-0.15, -0.1) is 13.2 Å². The molecule has 6 nitrogen and oxygen atoms in total. The van der Waals surface area contributed by atoms with Crippen molar-refractivity contribution in [3.63, 3.8) is 0 Å². The Balaban J connectivity index is 1.64. The number of carbonyl (C=O) groups excluding carboxylic acids is 1. The second-order valence-corrected chi connectivity index (χ2v) is 5.48. The van der Waals surface area contributed by atoms with Gasteiger partial charge in [0, 0.05) is 19.4 Å². The molecule has 1 amide bonds. The van der Waals surface area contributed by atoms with Gasteiger partial charge in [0.1, 0.15) is 11.6 Å². The molecule has 9 heteroatoms. The van der Waals surface area contributed by atoms with Crippen LogP contribution in [-0.4, -0.2) is 34.0 Å². The lowest BCUT2D eigenvalue weighted by Crippen LogP contribution is -2.25. The molecule has 0 fully saturated rings. The van der Waals surface area contributed by atoms with E-state index in [-0.39, 0.29) is 18.1 Å². The molecule has 136 valence electrons. The van der Waals surface area contributed by atoms with Crippen molar-refractivity contribution in [2.24, 2.45) is 0 Å². The zero-order chi connectivity index (χ0) is 18.3. The Morgan fingerprint density at radius 1 is 1.24 bits per heavy atom. The smallest absolute Gasteiger partial charge is 0.406 e. The number of aryl methyl sites for hydroxylation is 3. The van der Waals surface area contributed by atoms with Gasteiger partial charge in [-0.25, -0.2) is 4.98 Å². The number of benzene rings is 1. The minimum absolute atomic E-state index is 0.109. The molecular weight excluding hydrogens is 337 g/mol. The number of aromatic amines is 1. The van der Waals surface area contributed by atoms with Crippen LogP contribution in [0, 0.1) is 6.92 Å². The number of hydrogen-bond donors (Lipinski definition) is 2. The maximum Gasteiger partial charge on any atom is 0.573 e. The molecule has 0 radical (unpaired) electrons. The van der Waals surface area contributed by atoms with E-state index in [1.807, 2.05) is 6.92 Å². The van der Waals surface area contributed by atoms with Gasteiger partial charge >= 0.3 is 6.36 Å². The maximum absolute atomic E-state index is 12.1. The third-order valence-electron chi connectivity index (χ3n) is 3.34. The Hall–Kier alpha value is -2.58. The van der Waals surface area contributed by atoms with E-state index >= 15 is 0 Å². The molecule has 1 aromatic carbocycles. The molecule has 1 aromatic heterocycles. The normalized spacial score (nSPS) is 11.4. The number of nitrogens with one attached hydrogen (secondary N) is 2. The summed E-state index contributed by atoms with van der Waals surface area (Å²) >= 11 is 0. The Labute approximate surface area is 142 Å². The van der Waals surface area contributed by atoms with Gasteiger partial charge in [-0.2, -0.15) is 5.10 Å². The monoisotopic (exact) mass is 356 g/mol. The molecule has 0 saturated carbocycles. The van der Waals surface area contributed by atoms with E-state index in [1.165, 1.54) is 24.3 Å². The summed E-state index contributed by atoms with van der Waals surface area (Å²) in [4.78, 5) is 15.9. The number of nitrogens with zero attached hydrogens (tertiary/aromatic N) is 2. The summed E-state index contributed by atoms with van der Waals surface area (Å²) in [6.07, 6.45) is -2.60. The quantitative estimate of drug-likeness (QED) is 0.713. The van der Waals surface area contributed by atoms with Crippen molar-refractivity contribution in [2.75, 3.05) is 6.54 Å². The molecule has 0 saturated heterocycles. The van der Waals surface area contributed by atoms with Crippen LogP contribution in [0.4, 0.5) is 13.2 Å². The minimum Gasteiger partial charge on any atom is -0.406 e. The lowest BCUT2D eigenvalue weighted by Gasteiger charge is -2.09. The largest absolute Gasteiger partial charge is 0.573 e. The van der Waals surface area contributed by atoms with Crippen molar-refractivity contribution >= 4 is 5.91 Å². The molecule has 0 atom stereocenters. The van der Waals surface area contributed by atoms with Crippen LogP contribution in [0.25, 0.3) is 0 Å². The van der Waals surface area contributed by atoms with E-state index in [0.717, 1.165) is 17.8 Å². The summed E-state index contributed by atoms with van der Waals surface area (Å²) < 4.78 is 40.0. The van der Waals surface area contributed by atoms with Crippen LogP contribution in [-0.2, 0) is 17.6 Å². The maximum atomic E-state index is 12.1. The lowest BCUT2D eigenvalue weighted by molar-refractivity contribution is -0.274. The fraction of sp³-hybridized carbons (Fsp3) is 0.438. The molecule has 2 N–H and O–H groups in total. The Kier molecular flexibility index (Phi) is 6.37. The first-order valence-corrected chi connectivity index (χ1v) is 7.81. The zero-order valence-electron chi connectivity index (χ0n) is 13.7. The number of ether oxygens (including phenoxy) is 1. The van der Waals surface area contributed by atoms with Crippen molar-refractivity contribution in [1.29, 1.82) is 0 Å². The Bertz CT molecular complexity index is 683. The zero-order valence-corrected chi connectivity index (χ0v) is 13.7. The number of amides is 1. The van der Waals surface area contributed by atoms with Gasteiger partial charge in [-0.3, -0.25) is 9.89 Å². The first kappa shape index (κ1) is 18.8. The molecule has 0 aliphatic carbocycles. The number of halogens is 3. The van der Waals surface area contributed by atoms with Crippen LogP contribution in [0.15, 0.2) is 24.3 Å². The summed E-state index contributed by atoms with van der Waals surface area (Å²) in [6, 6.07) is 5.50. The van der Waals surface area contributed by atoms with Crippen molar-refractivity contribution in [1.82, 2.24) is 20.5 Å². The highest BCUT2D eigenvalue weighted by molar-refractivity contribution is 5.76. The van der Waals surface area contributed by atoms with Gasteiger partial charge in [0.25, 0.3) is 0 Å². The molecule has 0 aliphatic heterocycles. The number of aromatic nitrogens is 3. The Morgan fingerprint density at radius 2 is 1.96 bits per heavy atom. The van der Waals surface area contributed by atoms with Gasteiger partial charge in [0.05, 0.1) is 0 Å². The van der Waals surface area contributed by atoms with Gasteiger partial charge < -0.3 is 10.1 Å². The van der Waals surface area contributed by atoms with Crippen LogP contribution < -0.4 is 10.1 Å². The van der Waals surface area contributed by atoms with Crippen molar-refractivity contribution in [2.45, 2.75) is 39.0 Å². The van der Waals surface area contributed by atoms with E-state index in [0.29, 0.717) is 25.2 Å². The number of alkyl halides is 3. The van der Waals surface area contributed by atoms with Crippen molar-refractivity contribution < 1.29 is 22.7 Å². The highest BCUT2D eigenvalue weighted by Crippen LogP contribution is 2.22. The average molecular weight is 356 g/mol. The molecule has 0 bridgehead atoms. The second-order valence-electron chi connectivity index (χ2n) is 5.48. The minimum atomic E-state index is -4.70. The third kappa shape index (κ3) is 7.23. The number of hydrogen-bond acceptors (Lipinski definition) is 4. The van der Waals surface area contributed by atoms with Crippen molar-refractivity contribution in [3.8, 4) is 5.75 Å². The fourth-order valence-corrected chi connectivity index (χ4v) is 2.18. The molecule has 0 aliphatic rings. The van der Waals surface area contributed by atoms with E-state index in [1.54, 1.807) is 0 Å². The van der Waals surface area contributed by atoms with Gasteiger partial charge in [-0.05, 0) is 37.5 Å². The number of H-pyrrole nitrogens is 1.